The molecule has 3 atom stereocenters. The molecule has 1 aliphatic rings. The molecule has 0 heterocycles. The van der Waals surface area contributed by atoms with Crippen molar-refractivity contribution < 1.29 is 4.79 Å². The molecule has 0 aromatic carbocycles. The van der Waals surface area contributed by atoms with E-state index in [0.717, 1.165) is 12.3 Å². The standard InChI is InChI=1S/C19H38N2O/c1-14(2)18(20-5)19(22)21-16(4)13-15(3)17-11-9-7-6-8-10-12-17/h14-18,20H,6-13H2,1-5H3,(H,21,22). The van der Waals surface area contributed by atoms with Crippen molar-refractivity contribution in [3.63, 3.8) is 0 Å². The predicted octanol–water partition coefficient (Wildman–Crippen LogP) is 4.12. The van der Waals surface area contributed by atoms with Gasteiger partial charge in [0, 0.05) is 6.04 Å². The van der Waals surface area contributed by atoms with Crippen molar-refractivity contribution in [2.45, 2.75) is 91.1 Å². The van der Waals surface area contributed by atoms with Crippen LogP contribution in [-0.4, -0.2) is 25.0 Å². The molecule has 0 bridgehead atoms. The van der Waals surface area contributed by atoms with Crippen LogP contribution in [0.2, 0.25) is 0 Å². The molecule has 3 nitrogen and oxygen atoms in total. The van der Waals surface area contributed by atoms with Crippen LogP contribution in [0.1, 0.15) is 79.1 Å². The van der Waals surface area contributed by atoms with Gasteiger partial charge in [-0.1, -0.05) is 65.7 Å². The van der Waals surface area contributed by atoms with E-state index in [1.807, 2.05) is 7.05 Å². The van der Waals surface area contributed by atoms with E-state index in [9.17, 15) is 4.79 Å². The van der Waals surface area contributed by atoms with E-state index in [1.165, 1.54) is 44.9 Å². The third-order valence-corrected chi connectivity index (χ3v) is 5.33. The van der Waals surface area contributed by atoms with E-state index >= 15 is 0 Å². The molecular formula is C19H38N2O. The lowest BCUT2D eigenvalue weighted by Crippen LogP contribution is -2.49. The smallest absolute Gasteiger partial charge is 0.237 e. The molecule has 0 aliphatic heterocycles. The second-order valence-electron chi connectivity index (χ2n) is 7.74. The van der Waals surface area contributed by atoms with Crippen LogP contribution in [0.3, 0.4) is 0 Å². The van der Waals surface area contributed by atoms with E-state index in [2.05, 4.69) is 38.3 Å². The SMILES string of the molecule is CNC(C(=O)NC(C)CC(C)C1CCCCCCC1)C(C)C. The van der Waals surface area contributed by atoms with Gasteiger partial charge in [-0.05, 0) is 38.1 Å². The Kier molecular flexibility index (Phi) is 9.08. The van der Waals surface area contributed by atoms with Crippen LogP contribution in [0.5, 0.6) is 0 Å². The average molecular weight is 311 g/mol. The summed E-state index contributed by atoms with van der Waals surface area (Å²) in [6.07, 6.45) is 10.9. The first-order valence-corrected chi connectivity index (χ1v) is 9.43. The number of amides is 1. The highest BCUT2D eigenvalue weighted by atomic mass is 16.2. The van der Waals surface area contributed by atoms with Crippen LogP contribution in [0, 0.1) is 17.8 Å². The van der Waals surface area contributed by atoms with Gasteiger partial charge in [0.1, 0.15) is 0 Å². The Hall–Kier alpha value is -0.570. The van der Waals surface area contributed by atoms with Crippen molar-refractivity contribution in [2.75, 3.05) is 7.05 Å². The molecule has 1 fully saturated rings. The molecule has 1 amide bonds. The zero-order chi connectivity index (χ0) is 16.5. The fourth-order valence-electron chi connectivity index (χ4n) is 3.97. The van der Waals surface area contributed by atoms with Gasteiger partial charge in [0.25, 0.3) is 0 Å². The van der Waals surface area contributed by atoms with Gasteiger partial charge in [-0.2, -0.15) is 0 Å². The molecule has 0 radical (unpaired) electrons. The van der Waals surface area contributed by atoms with Gasteiger partial charge in [-0.3, -0.25) is 4.79 Å². The van der Waals surface area contributed by atoms with Crippen LogP contribution in [0.15, 0.2) is 0 Å². The lowest BCUT2D eigenvalue weighted by Gasteiger charge is -2.29. The second-order valence-corrected chi connectivity index (χ2v) is 7.74. The molecule has 130 valence electrons. The summed E-state index contributed by atoms with van der Waals surface area (Å²) < 4.78 is 0. The van der Waals surface area contributed by atoms with Crippen LogP contribution < -0.4 is 10.6 Å². The number of rotatable bonds is 7. The summed E-state index contributed by atoms with van der Waals surface area (Å²) in [6.45, 7) is 8.71. The van der Waals surface area contributed by atoms with Gasteiger partial charge in [0.05, 0.1) is 6.04 Å². The van der Waals surface area contributed by atoms with Gasteiger partial charge in [-0.25, -0.2) is 0 Å². The second kappa shape index (κ2) is 10.3. The van der Waals surface area contributed by atoms with Crippen molar-refractivity contribution in [1.82, 2.24) is 10.6 Å². The average Bonchev–Trinajstić information content (AvgIpc) is 2.37. The fraction of sp³-hybridized carbons (Fsp3) is 0.947. The molecule has 3 unspecified atom stereocenters. The predicted molar refractivity (Wildman–Crippen MR) is 94.9 cm³/mol. The lowest BCUT2D eigenvalue weighted by molar-refractivity contribution is -0.124. The summed E-state index contributed by atoms with van der Waals surface area (Å²) >= 11 is 0. The summed E-state index contributed by atoms with van der Waals surface area (Å²) in [7, 11) is 1.87. The minimum Gasteiger partial charge on any atom is -0.352 e. The van der Waals surface area contributed by atoms with Crippen molar-refractivity contribution >= 4 is 5.91 Å². The summed E-state index contributed by atoms with van der Waals surface area (Å²) in [6, 6.07) is 0.182. The normalized spacial score (nSPS) is 21.7. The fourth-order valence-corrected chi connectivity index (χ4v) is 3.97. The van der Waals surface area contributed by atoms with Gasteiger partial charge in [0.15, 0.2) is 0 Å². The van der Waals surface area contributed by atoms with Crippen LogP contribution in [0.25, 0.3) is 0 Å². The number of carbonyl (C=O) groups excluding carboxylic acids is 1. The van der Waals surface area contributed by atoms with Crippen LogP contribution >= 0.6 is 0 Å². The highest BCUT2D eigenvalue weighted by Gasteiger charge is 2.24. The minimum absolute atomic E-state index is 0.0841. The molecular weight excluding hydrogens is 272 g/mol. The Morgan fingerprint density at radius 2 is 1.55 bits per heavy atom. The third-order valence-electron chi connectivity index (χ3n) is 5.33. The first-order chi connectivity index (χ1) is 10.5. The van der Waals surface area contributed by atoms with Gasteiger partial charge >= 0.3 is 0 Å². The quantitative estimate of drug-likeness (QED) is 0.742. The highest BCUT2D eigenvalue weighted by Crippen LogP contribution is 2.30. The van der Waals surface area contributed by atoms with Crippen molar-refractivity contribution in [3.05, 3.63) is 0 Å². The topological polar surface area (TPSA) is 41.1 Å². The van der Waals surface area contributed by atoms with Crippen molar-refractivity contribution in [1.29, 1.82) is 0 Å². The van der Waals surface area contributed by atoms with Crippen LogP contribution in [0.4, 0.5) is 0 Å². The number of hydrogen-bond acceptors (Lipinski definition) is 2. The van der Waals surface area contributed by atoms with E-state index in [4.69, 9.17) is 0 Å². The summed E-state index contributed by atoms with van der Waals surface area (Å²) in [5.74, 6) is 2.03. The van der Waals surface area contributed by atoms with Crippen molar-refractivity contribution in [2.24, 2.45) is 17.8 Å². The molecule has 1 aliphatic carbocycles. The monoisotopic (exact) mass is 310 g/mol. The number of likely N-dealkylation sites (N-methyl/N-ethyl adjacent to an activating group) is 1. The first-order valence-electron chi connectivity index (χ1n) is 9.43. The number of nitrogens with one attached hydrogen (secondary N) is 2. The molecule has 1 rings (SSSR count). The summed E-state index contributed by atoms with van der Waals surface area (Å²) in [5, 5.41) is 6.34. The molecule has 22 heavy (non-hydrogen) atoms. The first kappa shape index (κ1) is 19.5. The van der Waals surface area contributed by atoms with Crippen LogP contribution in [-0.2, 0) is 4.79 Å². The van der Waals surface area contributed by atoms with Gasteiger partial charge in [0.2, 0.25) is 5.91 Å². The number of carbonyl (C=O) groups is 1. The zero-order valence-corrected chi connectivity index (χ0v) is 15.5. The molecule has 0 aromatic rings. The molecule has 2 N–H and O–H groups in total. The largest absolute Gasteiger partial charge is 0.352 e. The third kappa shape index (κ3) is 6.68. The maximum atomic E-state index is 12.3. The molecule has 0 spiro atoms. The Morgan fingerprint density at radius 1 is 1.00 bits per heavy atom. The molecule has 1 saturated carbocycles. The molecule has 0 aromatic heterocycles. The summed E-state index contributed by atoms with van der Waals surface area (Å²) in [5.41, 5.74) is 0. The maximum absolute atomic E-state index is 12.3. The van der Waals surface area contributed by atoms with Gasteiger partial charge < -0.3 is 10.6 Å². The Balaban J connectivity index is 2.41. The molecule has 0 saturated heterocycles. The van der Waals surface area contributed by atoms with E-state index in [-0.39, 0.29) is 18.0 Å². The maximum Gasteiger partial charge on any atom is 0.237 e. The Labute approximate surface area is 138 Å². The number of hydrogen-bond donors (Lipinski definition) is 2. The highest BCUT2D eigenvalue weighted by molar-refractivity contribution is 5.82. The van der Waals surface area contributed by atoms with Crippen molar-refractivity contribution in [3.8, 4) is 0 Å². The summed E-state index contributed by atoms with van der Waals surface area (Å²) in [4.78, 5) is 12.3. The van der Waals surface area contributed by atoms with E-state index in [1.54, 1.807) is 0 Å². The van der Waals surface area contributed by atoms with E-state index < -0.39 is 0 Å². The minimum atomic E-state index is -0.0841. The van der Waals surface area contributed by atoms with E-state index in [0.29, 0.717) is 11.8 Å². The van der Waals surface area contributed by atoms with Gasteiger partial charge in [-0.15, -0.1) is 0 Å². The Morgan fingerprint density at radius 3 is 2.05 bits per heavy atom. The Bertz CT molecular complexity index is 309. The molecule has 3 heteroatoms. The zero-order valence-electron chi connectivity index (χ0n) is 15.5. The lowest BCUT2D eigenvalue weighted by atomic mass is 9.80.